The Kier molecular flexibility index (Phi) is 5.25. The van der Waals surface area contributed by atoms with Gasteiger partial charge in [-0.15, -0.1) is 0 Å². The second-order valence-electron chi connectivity index (χ2n) is 6.24. The summed E-state index contributed by atoms with van der Waals surface area (Å²) in [5.74, 6) is -0.0623. The van der Waals surface area contributed by atoms with E-state index in [1.165, 1.54) is 5.56 Å². The van der Waals surface area contributed by atoms with Gasteiger partial charge in [0.1, 0.15) is 0 Å². The average Bonchev–Trinajstić information content (AvgIpc) is 3.10. The molecule has 4 heteroatoms. The predicted molar refractivity (Wildman–Crippen MR) is 103 cm³/mol. The first-order valence-electron chi connectivity index (χ1n) is 8.28. The standard InChI is InChI=1S/C21H21ClN2O/c1-15-9-10-19(18(22)13-15)23-21(25)14-20(24-11-5-6-12-24)17-8-4-3-7-16(17)2/h3-13,20H,14H2,1-2H3,(H,23,25). The maximum atomic E-state index is 12.7. The molecule has 1 heterocycles. The van der Waals surface area contributed by atoms with Crippen molar-refractivity contribution in [3.63, 3.8) is 0 Å². The summed E-state index contributed by atoms with van der Waals surface area (Å²) < 4.78 is 2.07. The van der Waals surface area contributed by atoms with E-state index in [4.69, 9.17) is 11.6 Å². The minimum absolute atomic E-state index is 0.0552. The van der Waals surface area contributed by atoms with E-state index in [0.717, 1.165) is 11.1 Å². The molecular formula is C21H21ClN2O. The Labute approximate surface area is 153 Å². The molecule has 1 unspecified atom stereocenters. The largest absolute Gasteiger partial charge is 0.346 e. The Balaban J connectivity index is 1.83. The molecule has 1 atom stereocenters. The zero-order valence-electron chi connectivity index (χ0n) is 14.4. The van der Waals surface area contributed by atoms with Gasteiger partial charge in [-0.3, -0.25) is 4.79 Å². The molecule has 3 aromatic rings. The number of nitrogens with zero attached hydrogens (tertiary/aromatic N) is 1. The van der Waals surface area contributed by atoms with Gasteiger partial charge in [0, 0.05) is 12.4 Å². The summed E-state index contributed by atoms with van der Waals surface area (Å²) in [6, 6.07) is 17.7. The van der Waals surface area contributed by atoms with Gasteiger partial charge in [0.25, 0.3) is 0 Å². The minimum Gasteiger partial charge on any atom is -0.346 e. The third kappa shape index (κ3) is 4.12. The molecule has 1 aromatic heterocycles. The Morgan fingerprint density at radius 1 is 1.08 bits per heavy atom. The molecule has 25 heavy (non-hydrogen) atoms. The van der Waals surface area contributed by atoms with E-state index in [9.17, 15) is 4.79 Å². The Hall–Kier alpha value is -2.52. The van der Waals surface area contributed by atoms with Gasteiger partial charge in [-0.1, -0.05) is 41.9 Å². The molecule has 0 spiro atoms. The topological polar surface area (TPSA) is 34.0 Å². The molecule has 0 aliphatic rings. The van der Waals surface area contributed by atoms with E-state index < -0.39 is 0 Å². The summed E-state index contributed by atoms with van der Waals surface area (Å²) in [6.07, 6.45) is 4.32. The summed E-state index contributed by atoms with van der Waals surface area (Å²) in [6.45, 7) is 4.04. The van der Waals surface area contributed by atoms with Gasteiger partial charge in [-0.05, 0) is 54.8 Å². The van der Waals surface area contributed by atoms with Crippen molar-refractivity contribution in [1.29, 1.82) is 0 Å². The predicted octanol–water partition coefficient (Wildman–Crippen LogP) is 5.38. The second-order valence-corrected chi connectivity index (χ2v) is 6.65. The zero-order chi connectivity index (χ0) is 17.8. The summed E-state index contributed by atoms with van der Waals surface area (Å²) in [5.41, 5.74) is 4.02. The van der Waals surface area contributed by atoms with Crippen LogP contribution in [0.15, 0.2) is 67.0 Å². The summed E-state index contributed by atoms with van der Waals surface area (Å²) in [4.78, 5) is 12.7. The highest BCUT2D eigenvalue weighted by Crippen LogP contribution is 2.27. The van der Waals surface area contributed by atoms with Crippen LogP contribution in [0, 0.1) is 13.8 Å². The smallest absolute Gasteiger partial charge is 0.226 e. The SMILES string of the molecule is Cc1ccc(NC(=O)CC(c2ccccc2C)n2cccc2)c(Cl)c1. The van der Waals surface area contributed by atoms with Crippen LogP contribution in [0.2, 0.25) is 5.02 Å². The van der Waals surface area contributed by atoms with Crippen LogP contribution in [0.4, 0.5) is 5.69 Å². The van der Waals surface area contributed by atoms with E-state index in [1.807, 2.05) is 61.8 Å². The Morgan fingerprint density at radius 3 is 2.48 bits per heavy atom. The molecule has 128 valence electrons. The lowest BCUT2D eigenvalue weighted by Crippen LogP contribution is -2.20. The number of benzene rings is 2. The van der Waals surface area contributed by atoms with E-state index in [1.54, 1.807) is 0 Å². The maximum Gasteiger partial charge on any atom is 0.226 e. The molecule has 3 nitrogen and oxygen atoms in total. The monoisotopic (exact) mass is 352 g/mol. The van der Waals surface area contributed by atoms with Gasteiger partial charge in [-0.25, -0.2) is 0 Å². The van der Waals surface area contributed by atoms with Crippen LogP contribution in [-0.4, -0.2) is 10.5 Å². The number of aromatic nitrogens is 1. The number of carbonyl (C=O) groups excluding carboxylic acids is 1. The van der Waals surface area contributed by atoms with E-state index >= 15 is 0 Å². The van der Waals surface area contributed by atoms with Crippen LogP contribution in [0.5, 0.6) is 0 Å². The highest BCUT2D eigenvalue weighted by molar-refractivity contribution is 6.33. The number of amides is 1. The number of aryl methyl sites for hydroxylation is 2. The van der Waals surface area contributed by atoms with Crippen molar-refractivity contribution in [3.8, 4) is 0 Å². The molecule has 0 aliphatic heterocycles. The Bertz CT molecular complexity index is 871. The molecule has 0 saturated carbocycles. The molecular weight excluding hydrogens is 332 g/mol. The zero-order valence-corrected chi connectivity index (χ0v) is 15.1. The van der Waals surface area contributed by atoms with Crippen LogP contribution < -0.4 is 5.32 Å². The summed E-state index contributed by atoms with van der Waals surface area (Å²) >= 11 is 6.23. The number of nitrogens with one attached hydrogen (secondary N) is 1. The van der Waals surface area contributed by atoms with Crippen LogP contribution in [-0.2, 0) is 4.79 Å². The molecule has 0 aliphatic carbocycles. The molecule has 3 rings (SSSR count). The third-order valence-electron chi connectivity index (χ3n) is 4.31. The number of anilines is 1. The lowest BCUT2D eigenvalue weighted by Gasteiger charge is -2.21. The summed E-state index contributed by atoms with van der Waals surface area (Å²) in [5, 5.41) is 3.49. The molecule has 0 saturated heterocycles. The lowest BCUT2D eigenvalue weighted by atomic mass is 9.98. The molecule has 1 amide bonds. The number of hydrogen-bond donors (Lipinski definition) is 1. The minimum atomic E-state index is -0.0623. The average molecular weight is 353 g/mol. The van der Waals surface area contributed by atoms with Crippen molar-refractivity contribution in [1.82, 2.24) is 4.57 Å². The fourth-order valence-corrected chi connectivity index (χ4v) is 3.27. The van der Waals surface area contributed by atoms with Gasteiger partial charge < -0.3 is 9.88 Å². The van der Waals surface area contributed by atoms with Crippen molar-refractivity contribution in [2.45, 2.75) is 26.3 Å². The van der Waals surface area contributed by atoms with Gasteiger partial charge in [0.15, 0.2) is 0 Å². The molecule has 0 bridgehead atoms. The quantitative estimate of drug-likeness (QED) is 0.657. The first-order valence-corrected chi connectivity index (χ1v) is 8.66. The fourth-order valence-electron chi connectivity index (χ4n) is 2.99. The molecule has 2 aromatic carbocycles. The fraction of sp³-hybridized carbons (Fsp3) is 0.190. The van der Waals surface area contributed by atoms with Crippen molar-refractivity contribution in [2.75, 3.05) is 5.32 Å². The normalized spacial score (nSPS) is 12.0. The van der Waals surface area contributed by atoms with Crippen molar-refractivity contribution < 1.29 is 4.79 Å². The first-order chi connectivity index (χ1) is 12.0. The number of carbonyl (C=O) groups is 1. The van der Waals surface area contributed by atoms with Crippen molar-refractivity contribution >= 4 is 23.2 Å². The van der Waals surface area contributed by atoms with Gasteiger partial charge in [0.2, 0.25) is 5.91 Å². The number of rotatable bonds is 5. The lowest BCUT2D eigenvalue weighted by molar-refractivity contribution is -0.116. The van der Waals surface area contributed by atoms with Gasteiger partial charge in [-0.2, -0.15) is 0 Å². The van der Waals surface area contributed by atoms with Crippen molar-refractivity contribution in [2.24, 2.45) is 0 Å². The van der Waals surface area contributed by atoms with Crippen LogP contribution in [0.3, 0.4) is 0 Å². The van der Waals surface area contributed by atoms with Crippen molar-refractivity contribution in [3.05, 3.63) is 88.7 Å². The first kappa shape index (κ1) is 17.3. The van der Waals surface area contributed by atoms with Gasteiger partial charge >= 0.3 is 0 Å². The Morgan fingerprint density at radius 2 is 1.80 bits per heavy atom. The maximum absolute atomic E-state index is 12.7. The van der Waals surface area contributed by atoms with Crippen LogP contribution in [0.25, 0.3) is 0 Å². The van der Waals surface area contributed by atoms with E-state index in [0.29, 0.717) is 17.1 Å². The third-order valence-corrected chi connectivity index (χ3v) is 4.62. The molecule has 0 radical (unpaired) electrons. The second kappa shape index (κ2) is 7.58. The number of hydrogen-bond acceptors (Lipinski definition) is 1. The van der Waals surface area contributed by atoms with E-state index in [2.05, 4.69) is 28.9 Å². The summed E-state index contributed by atoms with van der Waals surface area (Å²) in [7, 11) is 0. The highest BCUT2D eigenvalue weighted by atomic mass is 35.5. The highest BCUT2D eigenvalue weighted by Gasteiger charge is 2.19. The van der Waals surface area contributed by atoms with E-state index in [-0.39, 0.29) is 11.9 Å². The van der Waals surface area contributed by atoms with Gasteiger partial charge in [0.05, 0.1) is 23.2 Å². The molecule has 1 N–H and O–H groups in total. The molecule has 0 fully saturated rings. The number of halogens is 1. The van der Waals surface area contributed by atoms with Crippen LogP contribution in [0.1, 0.15) is 29.2 Å². The van der Waals surface area contributed by atoms with Crippen LogP contribution >= 0.6 is 11.6 Å².